The Hall–Kier alpha value is -2.62. The van der Waals surface area contributed by atoms with Crippen LogP contribution in [0.5, 0.6) is 5.75 Å². The number of nitro benzene ring substituents is 1. The highest BCUT2D eigenvalue weighted by Crippen LogP contribution is 2.29. The van der Waals surface area contributed by atoms with Crippen LogP contribution >= 0.6 is 11.8 Å². The summed E-state index contributed by atoms with van der Waals surface area (Å²) in [5.41, 5.74) is -0.104. The zero-order chi connectivity index (χ0) is 17.0. The maximum Gasteiger partial charge on any atom is 0.296 e. The van der Waals surface area contributed by atoms with Gasteiger partial charge < -0.3 is 14.6 Å². The minimum absolute atomic E-state index is 0.0646. The number of methoxy groups -OCH3 is 1. The quantitative estimate of drug-likeness (QED) is 0.485. The van der Waals surface area contributed by atoms with E-state index in [1.807, 2.05) is 0 Å². The lowest BCUT2D eigenvalue weighted by Gasteiger charge is -2.07. The number of anilines is 1. The number of aryl methyl sites for hydroxylation is 1. The van der Waals surface area contributed by atoms with Crippen LogP contribution in [-0.4, -0.2) is 38.5 Å². The molecule has 0 atom stereocenters. The molecule has 23 heavy (non-hydrogen) atoms. The van der Waals surface area contributed by atoms with Gasteiger partial charge in [0.2, 0.25) is 5.91 Å². The number of hydrogen-bond donors (Lipinski definition) is 1. The summed E-state index contributed by atoms with van der Waals surface area (Å²) < 4.78 is 6.70. The Bertz CT molecular complexity index is 746. The van der Waals surface area contributed by atoms with Crippen LogP contribution in [0.4, 0.5) is 11.4 Å². The van der Waals surface area contributed by atoms with Gasteiger partial charge in [0, 0.05) is 7.05 Å². The minimum Gasteiger partial charge on any atom is -0.496 e. The lowest BCUT2D eigenvalue weighted by molar-refractivity contribution is -0.384. The van der Waals surface area contributed by atoms with E-state index in [4.69, 9.17) is 4.74 Å². The third kappa shape index (κ3) is 3.97. The van der Waals surface area contributed by atoms with Gasteiger partial charge in [-0.2, -0.15) is 0 Å². The van der Waals surface area contributed by atoms with Gasteiger partial charge in [0.25, 0.3) is 5.69 Å². The molecule has 1 aromatic carbocycles. The molecule has 1 aromatic heterocycles. The largest absolute Gasteiger partial charge is 0.496 e. The monoisotopic (exact) mass is 337 g/mol. The van der Waals surface area contributed by atoms with Gasteiger partial charge in [-0.05, 0) is 19.1 Å². The van der Waals surface area contributed by atoms with E-state index in [-0.39, 0.29) is 23.0 Å². The summed E-state index contributed by atoms with van der Waals surface area (Å²) in [6.07, 6.45) is 0. The lowest BCUT2D eigenvalue weighted by Crippen LogP contribution is -2.15. The van der Waals surface area contributed by atoms with Crippen LogP contribution in [0.2, 0.25) is 0 Å². The Morgan fingerprint density at radius 2 is 2.22 bits per heavy atom. The average molecular weight is 337 g/mol. The number of nitrogens with zero attached hydrogens (tertiary/aromatic N) is 4. The summed E-state index contributed by atoms with van der Waals surface area (Å²) in [5.74, 6) is 0.774. The van der Waals surface area contributed by atoms with Crippen molar-refractivity contribution in [3.8, 4) is 5.75 Å². The third-order valence-electron chi connectivity index (χ3n) is 3.06. The van der Waals surface area contributed by atoms with Gasteiger partial charge >= 0.3 is 0 Å². The van der Waals surface area contributed by atoms with Crippen LogP contribution in [0.15, 0.2) is 23.4 Å². The molecular weight excluding hydrogens is 322 g/mol. The van der Waals surface area contributed by atoms with Crippen molar-refractivity contribution in [1.82, 2.24) is 14.8 Å². The molecule has 0 saturated carbocycles. The van der Waals surface area contributed by atoms with Crippen LogP contribution in [0.3, 0.4) is 0 Å². The third-order valence-corrected chi connectivity index (χ3v) is 4.08. The second-order valence-electron chi connectivity index (χ2n) is 4.57. The zero-order valence-corrected chi connectivity index (χ0v) is 13.6. The molecule has 122 valence electrons. The average Bonchev–Trinajstić information content (AvgIpc) is 2.84. The van der Waals surface area contributed by atoms with E-state index in [2.05, 4.69) is 15.5 Å². The standard InChI is InChI=1S/C13H15N5O4S/c1-8-15-16-13(17(8)2)23-7-12(19)14-10-5-4-9(22-3)6-11(10)18(20)21/h4-6H,7H2,1-3H3,(H,14,19). The molecule has 0 aliphatic rings. The van der Waals surface area contributed by atoms with Crippen molar-refractivity contribution in [3.05, 3.63) is 34.1 Å². The van der Waals surface area contributed by atoms with Crippen molar-refractivity contribution < 1.29 is 14.5 Å². The summed E-state index contributed by atoms with van der Waals surface area (Å²) in [5, 5.41) is 22.0. The zero-order valence-electron chi connectivity index (χ0n) is 12.8. The summed E-state index contributed by atoms with van der Waals surface area (Å²) >= 11 is 1.20. The Morgan fingerprint density at radius 1 is 1.48 bits per heavy atom. The van der Waals surface area contributed by atoms with Crippen molar-refractivity contribution in [2.45, 2.75) is 12.1 Å². The SMILES string of the molecule is COc1ccc(NC(=O)CSc2nnc(C)n2C)c([N+](=O)[O-])c1. The van der Waals surface area contributed by atoms with Gasteiger partial charge in [-0.3, -0.25) is 14.9 Å². The maximum absolute atomic E-state index is 12.0. The van der Waals surface area contributed by atoms with E-state index in [9.17, 15) is 14.9 Å². The summed E-state index contributed by atoms with van der Waals surface area (Å²) in [6, 6.07) is 4.24. The Balaban J connectivity index is 2.05. The number of rotatable bonds is 6. The van der Waals surface area contributed by atoms with Crippen molar-refractivity contribution in [1.29, 1.82) is 0 Å². The van der Waals surface area contributed by atoms with Gasteiger partial charge in [-0.15, -0.1) is 10.2 Å². The van der Waals surface area contributed by atoms with Crippen LogP contribution in [0.1, 0.15) is 5.82 Å². The van der Waals surface area contributed by atoms with Gasteiger partial charge in [-0.1, -0.05) is 11.8 Å². The number of carbonyl (C=O) groups excluding carboxylic acids is 1. The number of ether oxygens (including phenoxy) is 1. The summed E-state index contributed by atoms with van der Waals surface area (Å²) in [6.45, 7) is 1.80. The van der Waals surface area contributed by atoms with Crippen LogP contribution in [0.25, 0.3) is 0 Å². The first-order valence-electron chi connectivity index (χ1n) is 6.53. The summed E-state index contributed by atoms with van der Waals surface area (Å²) in [7, 11) is 3.21. The normalized spacial score (nSPS) is 10.4. The molecule has 0 fully saturated rings. The first-order chi connectivity index (χ1) is 10.9. The fourth-order valence-corrected chi connectivity index (χ4v) is 2.48. The fourth-order valence-electron chi connectivity index (χ4n) is 1.72. The van der Waals surface area contributed by atoms with Crippen LogP contribution < -0.4 is 10.1 Å². The molecule has 10 heteroatoms. The number of nitrogens with one attached hydrogen (secondary N) is 1. The van der Waals surface area contributed by atoms with Crippen molar-refractivity contribution in [3.63, 3.8) is 0 Å². The molecule has 2 rings (SSSR count). The topological polar surface area (TPSA) is 112 Å². The number of benzene rings is 1. The predicted octanol–water partition coefficient (Wildman–Crippen LogP) is 1.77. The number of aromatic nitrogens is 3. The number of amides is 1. The lowest BCUT2D eigenvalue weighted by atomic mass is 10.2. The molecule has 0 aliphatic heterocycles. The summed E-state index contributed by atoms with van der Waals surface area (Å²) in [4.78, 5) is 22.5. The highest BCUT2D eigenvalue weighted by molar-refractivity contribution is 7.99. The molecule has 1 N–H and O–H groups in total. The molecule has 2 aromatic rings. The van der Waals surface area contributed by atoms with Crippen molar-refractivity contribution in [2.24, 2.45) is 7.05 Å². The van der Waals surface area contributed by atoms with Crippen molar-refractivity contribution in [2.75, 3.05) is 18.2 Å². The molecule has 0 spiro atoms. The maximum atomic E-state index is 12.0. The Labute approximate surface area is 136 Å². The van der Waals surface area contributed by atoms with Gasteiger partial charge in [0.1, 0.15) is 17.3 Å². The van der Waals surface area contributed by atoms with Gasteiger partial charge in [-0.25, -0.2) is 0 Å². The smallest absolute Gasteiger partial charge is 0.296 e. The predicted molar refractivity (Wildman–Crippen MR) is 84.7 cm³/mol. The Kier molecular flexibility index (Phi) is 5.16. The second-order valence-corrected chi connectivity index (χ2v) is 5.51. The van der Waals surface area contributed by atoms with Gasteiger partial charge in [0.15, 0.2) is 5.16 Å². The highest BCUT2D eigenvalue weighted by Gasteiger charge is 2.18. The van der Waals surface area contributed by atoms with E-state index in [1.165, 1.54) is 31.0 Å². The van der Waals surface area contributed by atoms with E-state index in [0.29, 0.717) is 10.9 Å². The van der Waals surface area contributed by atoms with Crippen molar-refractivity contribution >= 4 is 29.0 Å². The first kappa shape index (κ1) is 16.7. The van der Waals surface area contributed by atoms with Gasteiger partial charge in [0.05, 0.1) is 23.9 Å². The molecule has 0 unspecified atom stereocenters. The van der Waals surface area contributed by atoms with E-state index in [1.54, 1.807) is 24.6 Å². The first-order valence-corrected chi connectivity index (χ1v) is 7.52. The fraction of sp³-hybridized carbons (Fsp3) is 0.308. The second kappa shape index (κ2) is 7.09. The molecule has 0 saturated heterocycles. The van der Waals surface area contributed by atoms with Crippen LogP contribution in [0, 0.1) is 17.0 Å². The number of thioether (sulfide) groups is 1. The molecule has 0 aliphatic carbocycles. The molecule has 1 amide bonds. The Morgan fingerprint density at radius 3 is 2.78 bits per heavy atom. The number of hydrogen-bond acceptors (Lipinski definition) is 7. The molecule has 0 radical (unpaired) electrons. The number of carbonyl (C=O) groups is 1. The molecule has 1 heterocycles. The molecule has 9 nitrogen and oxygen atoms in total. The van der Waals surface area contributed by atoms with Crippen LogP contribution in [-0.2, 0) is 11.8 Å². The highest BCUT2D eigenvalue weighted by atomic mass is 32.2. The minimum atomic E-state index is -0.572. The van der Waals surface area contributed by atoms with E-state index < -0.39 is 4.92 Å². The van der Waals surface area contributed by atoms with E-state index >= 15 is 0 Å². The molecule has 0 bridgehead atoms. The van der Waals surface area contributed by atoms with E-state index in [0.717, 1.165) is 5.82 Å². The molecular formula is C13H15N5O4S. The number of nitro groups is 1.